The highest BCUT2D eigenvalue weighted by Crippen LogP contribution is 2.48. The number of hydrogen-bond donors (Lipinski definition) is 1. The first-order valence-electron chi connectivity index (χ1n) is 6.66. The van der Waals surface area contributed by atoms with E-state index in [0.29, 0.717) is 13.0 Å². The molecule has 1 unspecified atom stereocenters. The molecular weight excluding hydrogens is 271 g/mol. The fourth-order valence-corrected chi connectivity index (χ4v) is 3.07. The first kappa shape index (κ1) is 17.1. The van der Waals surface area contributed by atoms with Crippen LogP contribution in [0.1, 0.15) is 41.0 Å². The van der Waals surface area contributed by atoms with Crippen LogP contribution in [-0.4, -0.2) is 42.0 Å². The number of hydrogen-bond acceptors (Lipinski definition) is 5. The summed E-state index contributed by atoms with van der Waals surface area (Å²) in [5.74, 6) is 0. The zero-order valence-electron chi connectivity index (χ0n) is 12.2. The van der Waals surface area contributed by atoms with Crippen LogP contribution in [0.2, 0.25) is 0 Å². The molecule has 114 valence electrons. The van der Waals surface area contributed by atoms with Gasteiger partial charge in [-0.3, -0.25) is 9.05 Å². The molecule has 7 heteroatoms. The van der Waals surface area contributed by atoms with Gasteiger partial charge in [-0.05, 0) is 34.6 Å². The minimum atomic E-state index is -4.04. The van der Waals surface area contributed by atoms with Gasteiger partial charge in [-0.25, -0.2) is 4.57 Å². The molecule has 0 spiro atoms. The van der Waals surface area contributed by atoms with Gasteiger partial charge in [-0.2, -0.15) is 0 Å². The van der Waals surface area contributed by atoms with Crippen LogP contribution < -0.4 is 0 Å². The second kappa shape index (κ2) is 7.16. The second-order valence-electron chi connectivity index (χ2n) is 5.37. The highest BCUT2D eigenvalue weighted by atomic mass is 31.2. The van der Waals surface area contributed by atoms with Crippen molar-refractivity contribution in [2.75, 3.05) is 6.61 Å². The number of phosphoric acid groups is 1. The van der Waals surface area contributed by atoms with Gasteiger partial charge >= 0.3 is 7.82 Å². The van der Waals surface area contributed by atoms with Crippen LogP contribution in [0.25, 0.3) is 0 Å². The van der Waals surface area contributed by atoms with E-state index in [-0.39, 0.29) is 24.4 Å². The Morgan fingerprint density at radius 2 is 1.95 bits per heavy atom. The quantitative estimate of drug-likeness (QED) is 0.728. The zero-order chi connectivity index (χ0) is 14.6. The van der Waals surface area contributed by atoms with Gasteiger partial charge in [0.1, 0.15) is 12.2 Å². The Bertz CT molecular complexity index is 319. The van der Waals surface area contributed by atoms with Gasteiger partial charge < -0.3 is 14.4 Å². The van der Waals surface area contributed by atoms with Crippen molar-refractivity contribution in [1.82, 2.24) is 0 Å². The zero-order valence-corrected chi connectivity index (χ0v) is 13.1. The third kappa shape index (κ3) is 6.34. The van der Waals surface area contributed by atoms with Crippen LogP contribution in [0.15, 0.2) is 0 Å². The van der Waals surface area contributed by atoms with Crippen LogP contribution in [0.5, 0.6) is 0 Å². The maximum absolute atomic E-state index is 11.8. The Morgan fingerprint density at radius 3 is 2.47 bits per heavy atom. The van der Waals surface area contributed by atoms with Crippen molar-refractivity contribution in [2.45, 2.75) is 71.6 Å². The van der Waals surface area contributed by atoms with Crippen LogP contribution in [0.4, 0.5) is 0 Å². The fourth-order valence-electron chi connectivity index (χ4n) is 1.93. The van der Waals surface area contributed by atoms with Crippen LogP contribution in [0, 0.1) is 0 Å². The lowest BCUT2D eigenvalue weighted by atomic mass is 10.1. The highest BCUT2D eigenvalue weighted by Gasteiger charge is 2.39. The fraction of sp³-hybridized carbons (Fsp3) is 1.00. The first-order chi connectivity index (χ1) is 8.69. The molecule has 1 saturated heterocycles. The smallest absolute Gasteiger partial charge is 0.376 e. The number of rotatable bonds is 7. The maximum Gasteiger partial charge on any atom is 0.472 e. The SMILES string of the molecule is CC(C)OC[C@H]1O[C@@H](C)C[C@H]1OP(=O)(O)OC(C)C. The van der Waals surface area contributed by atoms with E-state index in [9.17, 15) is 9.46 Å². The first-order valence-corrected chi connectivity index (χ1v) is 8.16. The molecular formula is C12H25O6P. The minimum Gasteiger partial charge on any atom is -0.376 e. The Labute approximate surface area is 115 Å². The van der Waals surface area contributed by atoms with Crippen LogP contribution >= 0.6 is 7.82 Å². The summed E-state index contributed by atoms with van der Waals surface area (Å²) in [5.41, 5.74) is 0. The second-order valence-corrected chi connectivity index (χ2v) is 6.73. The van der Waals surface area contributed by atoms with E-state index >= 15 is 0 Å². The minimum absolute atomic E-state index is 0.0233. The highest BCUT2D eigenvalue weighted by molar-refractivity contribution is 7.47. The molecule has 4 atom stereocenters. The van der Waals surface area contributed by atoms with Gasteiger partial charge in [0.25, 0.3) is 0 Å². The molecule has 0 aromatic rings. The number of phosphoric ester groups is 1. The summed E-state index contributed by atoms with van der Waals surface area (Å²) in [7, 11) is -4.04. The molecule has 0 saturated carbocycles. The van der Waals surface area contributed by atoms with Gasteiger partial charge in [-0.15, -0.1) is 0 Å². The van der Waals surface area contributed by atoms with Crippen molar-refractivity contribution < 1.29 is 28.0 Å². The molecule has 1 fully saturated rings. The molecule has 1 N–H and O–H groups in total. The van der Waals surface area contributed by atoms with Crippen molar-refractivity contribution in [2.24, 2.45) is 0 Å². The molecule has 19 heavy (non-hydrogen) atoms. The molecule has 0 bridgehead atoms. The Hall–Kier alpha value is 0.0300. The maximum atomic E-state index is 11.8. The van der Waals surface area contributed by atoms with E-state index in [1.54, 1.807) is 13.8 Å². The molecule has 1 aliphatic heterocycles. The largest absolute Gasteiger partial charge is 0.472 e. The van der Waals surface area contributed by atoms with E-state index in [4.69, 9.17) is 18.5 Å². The van der Waals surface area contributed by atoms with Crippen molar-refractivity contribution in [1.29, 1.82) is 0 Å². The van der Waals surface area contributed by atoms with E-state index in [1.807, 2.05) is 20.8 Å². The molecule has 0 aromatic heterocycles. The Balaban J connectivity index is 2.56. The summed E-state index contributed by atoms with van der Waals surface area (Å²) in [6, 6.07) is 0. The summed E-state index contributed by atoms with van der Waals surface area (Å²) in [4.78, 5) is 9.64. The monoisotopic (exact) mass is 296 g/mol. The van der Waals surface area contributed by atoms with Crippen LogP contribution in [-0.2, 0) is 23.1 Å². The summed E-state index contributed by atoms with van der Waals surface area (Å²) in [5, 5.41) is 0. The summed E-state index contributed by atoms with van der Waals surface area (Å²) in [6.07, 6.45) is -0.589. The third-order valence-electron chi connectivity index (χ3n) is 2.59. The molecule has 6 nitrogen and oxygen atoms in total. The van der Waals surface area contributed by atoms with Gasteiger partial charge in [0, 0.05) is 6.42 Å². The molecule has 0 amide bonds. The summed E-state index contributed by atoms with van der Waals surface area (Å²) < 4.78 is 33.0. The predicted molar refractivity (Wildman–Crippen MR) is 71.0 cm³/mol. The Kier molecular flexibility index (Phi) is 6.43. The normalized spacial score (nSPS) is 31.1. The molecule has 0 aromatic carbocycles. The topological polar surface area (TPSA) is 74.2 Å². The van der Waals surface area contributed by atoms with Crippen molar-refractivity contribution in [3.05, 3.63) is 0 Å². The van der Waals surface area contributed by atoms with Crippen molar-refractivity contribution >= 4 is 7.82 Å². The van der Waals surface area contributed by atoms with Gasteiger partial charge in [-0.1, -0.05) is 0 Å². The van der Waals surface area contributed by atoms with Gasteiger partial charge in [0.05, 0.1) is 24.9 Å². The molecule has 0 radical (unpaired) electrons. The van der Waals surface area contributed by atoms with E-state index in [1.165, 1.54) is 0 Å². The molecule has 1 heterocycles. The summed E-state index contributed by atoms with van der Waals surface area (Å²) in [6.45, 7) is 9.45. The molecule has 1 aliphatic rings. The third-order valence-corrected chi connectivity index (χ3v) is 3.82. The lowest BCUT2D eigenvalue weighted by molar-refractivity contribution is -0.0562. The van der Waals surface area contributed by atoms with Gasteiger partial charge in [0.2, 0.25) is 0 Å². The standard InChI is InChI=1S/C12H25O6P/c1-8(2)15-7-12-11(6-10(5)16-12)18-19(13,14)17-9(3)4/h8-12H,6-7H2,1-5H3,(H,13,14)/t10-,11+,12+/m0/s1. The van der Waals surface area contributed by atoms with E-state index in [0.717, 1.165) is 0 Å². The average molecular weight is 296 g/mol. The van der Waals surface area contributed by atoms with Crippen molar-refractivity contribution in [3.63, 3.8) is 0 Å². The van der Waals surface area contributed by atoms with Gasteiger partial charge in [0.15, 0.2) is 0 Å². The predicted octanol–water partition coefficient (Wildman–Crippen LogP) is 2.50. The molecule has 1 rings (SSSR count). The van der Waals surface area contributed by atoms with Crippen molar-refractivity contribution in [3.8, 4) is 0 Å². The van der Waals surface area contributed by atoms with E-state index in [2.05, 4.69) is 0 Å². The lowest BCUT2D eigenvalue weighted by Crippen LogP contribution is -2.30. The number of ether oxygens (including phenoxy) is 2. The van der Waals surface area contributed by atoms with Crippen LogP contribution in [0.3, 0.4) is 0 Å². The summed E-state index contributed by atoms with van der Waals surface area (Å²) >= 11 is 0. The lowest BCUT2D eigenvalue weighted by Gasteiger charge is -2.23. The molecule has 0 aliphatic carbocycles. The Morgan fingerprint density at radius 1 is 1.32 bits per heavy atom. The van der Waals surface area contributed by atoms with E-state index < -0.39 is 13.9 Å². The average Bonchev–Trinajstić information content (AvgIpc) is 2.52.